The van der Waals surface area contributed by atoms with Crippen molar-refractivity contribution in [2.45, 2.75) is 0 Å². The first kappa shape index (κ1) is 11.9. The van der Waals surface area contributed by atoms with Gasteiger partial charge in [-0.1, -0.05) is 18.1 Å². The number of hydrogen-bond donors (Lipinski definition) is 1. The summed E-state index contributed by atoms with van der Waals surface area (Å²) in [5.41, 5.74) is 6.17. The molecule has 1 aromatic carbocycles. The molecule has 0 aliphatic heterocycles. The number of terminal acetylenes is 1. The molecule has 4 nitrogen and oxygen atoms in total. The minimum atomic E-state index is -0.179. The number of para-hydroxylation sites is 2. The van der Waals surface area contributed by atoms with Gasteiger partial charge in [0.25, 0.3) is 5.91 Å². The second-order valence-electron chi connectivity index (χ2n) is 3.28. The molecule has 1 aromatic rings. The van der Waals surface area contributed by atoms with Crippen molar-refractivity contribution in [2.75, 3.05) is 25.9 Å². The molecule has 0 saturated heterocycles. The van der Waals surface area contributed by atoms with Gasteiger partial charge in [-0.05, 0) is 12.1 Å². The molecule has 0 aliphatic carbocycles. The largest absolute Gasteiger partial charge is 0.482 e. The smallest absolute Gasteiger partial charge is 0.261 e. The lowest BCUT2D eigenvalue weighted by Crippen LogP contribution is -2.31. The summed E-state index contributed by atoms with van der Waals surface area (Å²) in [6.07, 6.45) is 5.09. The number of nitrogen functional groups attached to an aromatic ring is 1. The van der Waals surface area contributed by atoms with Gasteiger partial charge >= 0.3 is 0 Å². The number of amides is 1. The Bertz CT molecular complexity index is 410. The molecule has 1 rings (SSSR count). The summed E-state index contributed by atoms with van der Waals surface area (Å²) in [5, 5.41) is 0. The summed E-state index contributed by atoms with van der Waals surface area (Å²) in [7, 11) is 1.62. The first-order chi connectivity index (χ1) is 7.65. The highest BCUT2D eigenvalue weighted by atomic mass is 16.5. The number of carbonyl (C=O) groups excluding carboxylic acids is 1. The minimum absolute atomic E-state index is 0.0631. The predicted octanol–water partition coefficient (Wildman–Crippen LogP) is 0.739. The first-order valence-electron chi connectivity index (χ1n) is 4.80. The van der Waals surface area contributed by atoms with Crippen molar-refractivity contribution in [3.63, 3.8) is 0 Å². The van der Waals surface area contributed by atoms with Gasteiger partial charge in [-0.3, -0.25) is 4.79 Å². The van der Waals surface area contributed by atoms with Crippen LogP contribution in [0.15, 0.2) is 24.3 Å². The summed E-state index contributed by atoms with van der Waals surface area (Å²) in [4.78, 5) is 12.9. The van der Waals surface area contributed by atoms with Crippen LogP contribution in [0.25, 0.3) is 0 Å². The Balaban J connectivity index is 2.50. The van der Waals surface area contributed by atoms with Crippen LogP contribution in [-0.4, -0.2) is 31.0 Å². The molecule has 0 aliphatic rings. The molecule has 0 atom stereocenters. The van der Waals surface area contributed by atoms with Crippen LogP contribution >= 0.6 is 0 Å². The first-order valence-corrected chi connectivity index (χ1v) is 4.80. The number of rotatable bonds is 4. The standard InChI is InChI=1S/C12H14N2O2/c1-3-8-14(2)12(15)9-16-11-7-5-4-6-10(11)13/h1,4-7H,8-9,13H2,2H3. The highest BCUT2D eigenvalue weighted by molar-refractivity contribution is 5.78. The number of nitrogens with two attached hydrogens (primary N) is 1. The SMILES string of the molecule is C#CCN(C)C(=O)COc1ccccc1N. The minimum Gasteiger partial charge on any atom is -0.482 e. The van der Waals surface area contributed by atoms with Crippen LogP contribution in [0, 0.1) is 12.3 Å². The van der Waals surface area contributed by atoms with E-state index in [1.54, 1.807) is 31.3 Å². The van der Waals surface area contributed by atoms with Gasteiger partial charge in [-0.2, -0.15) is 0 Å². The van der Waals surface area contributed by atoms with Crippen LogP contribution in [0.3, 0.4) is 0 Å². The summed E-state index contributed by atoms with van der Waals surface area (Å²) in [6, 6.07) is 7.02. The van der Waals surface area contributed by atoms with E-state index in [-0.39, 0.29) is 19.1 Å². The van der Waals surface area contributed by atoms with Gasteiger partial charge in [0.1, 0.15) is 5.75 Å². The lowest BCUT2D eigenvalue weighted by atomic mass is 10.3. The van der Waals surface area contributed by atoms with Crippen LogP contribution in [-0.2, 0) is 4.79 Å². The van der Waals surface area contributed by atoms with Gasteiger partial charge in [0.15, 0.2) is 6.61 Å². The van der Waals surface area contributed by atoms with E-state index in [9.17, 15) is 4.79 Å². The number of hydrogen-bond acceptors (Lipinski definition) is 3. The van der Waals surface area contributed by atoms with E-state index >= 15 is 0 Å². The molecule has 4 heteroatoms. The molecule has 0 spiro atoms. The summed E-state index contributed by atoms with van der Waals surface area (Å²) >= 11 is 0. The molecule has 0 bridgehead atoms. The maximum Gasteiger partial charge on any atom is 0.261 e. The summed E-state index contributed by atoms with van der Waals surface area (Å²) < 4.78 is 5.28. The molecule has 0 fully saturated rings. The molecule has 2 N–H and O–H groups in total. The van der Waals surface area contributed by atoms with Crippen molar-refractivity contribution >= 4 is 11.6 Å². The zero-order valence-electron chi connectivity index (χ0n) is 9.14. The summed E-state index contributed by atoms with van der Waals surface area (Å²) in [5.74, 6) is 2.71. The van der Waals surface area contributed by atoms with Crippen molar-refractivity contribution in [3.05, 3.63) is 24.3 Å². The quantitative estimate of drug-likeness (QED) is 0.599. The number of nitrogens with zero attached hydrogens (tertiary/aromatic N) is 1. The van der Waals surface area contributed by atoms with Gasteiger partial charge in [-0.25, -0.2) is 0 Å². The molecule has 0 aromatic heterocycles. The van der Waals surface area contributed by atoms with E-state index in [4.69, 9.17) is 16.9 Å². The highest BCUT2D eigenvalue weighted by Crippen LogP contribution is 2.19. The fraction of sp³-hybridized carbons (Fsp3) is 0.250. The van der Waals surface area contributed by atoms with E-state index in [0.717, 1.165) is 0 Å². The van der Waals surface area contributed by atoms with Gasteiger partial charge in [-0.15, -0.1) is 6.42 Å². The third-order valence-electron chi connectivity index (χ3n) is 2.02. The third kappa shape index (κ3) is 3.21. The van der Waals surface area contributed by atoms with Gasteiger partial charge in [0.05, 0.1) is 12.2 Å². The van der Waals surface area contributed by atoms with Crippen LogP contribution in [0.5, 0.6) is 5.75 Å². The average molecular weight is 218 g/mol. The number of anilines is 1. The van der Waals surface area contributed by atoms with Gasteiger partial charge < -0.3 is 15.4 Å². The van der Waals surface area contributed by atoms with Crippen molar-refractivity contribution in [2.24, 2.45) is 0 Å². The zero-order chi connectivity index (χ0) is 12.0. The molecule has 1 amide bonds. The topological polar surface area (TPSA) is 55.6 Å². The maximum absolute atomic E-state index is 11.5. The van der Waals surface area contributed by atoms with E-state index in [2.05, 4.69) is 5.92 Å². The van der Waals surface area contributed by atoms with Crippen molar-refractivity contribution in [1.82, 2.24) is 4.90 Å². The lowest BCUT2D eigenvalue weighted by molar-refractivity contribution is -0.131. The van der Waals surface area contributed by atoms with Crippen LogP contribution in [0.1, 0.15) is 0 Å². The van der Waals surface area contributed by atoms with Gasteiger partial charge in [0, 0.05) is 7.05 Å². The molecule has 0 radical (unpaired) electrons. The molecule has 0 heterocycles. The Morgan fingerprint density at radius 2 is 2.25 bits per heavy atom. The normalized spacial score (nSPS) is 9.25. The fourth-order valence-corrected chi connectivity index (χ4v) is 1.09. The van der Waals surface area contributed by atoms with Crippen LogP contribution < -0.4 is 10.5 Å². The second-order valence-corrected chi connectivity index (χ2v) is 3.28. The maximum atomic E-state index is 11.5. The Hall–Kier alpha value is -2.15. The van der Waals surface area contributed by atoms with Crippen LogP contribution in [0.4, 0.5) is 5.69 Å². The highest BCUT2D eigenvalue weighted by Gasteiger charge is 2.08. The van der Waals surface area contributed by atoms with Crippen molar-refractivity contribution in [3.8, 4) is 18.1 Å². The summed E-state index contributed by atoms with van der Waals surface area (Å²) in [6.45, 7) is 0.207. The van der Waals surface area contributed by atoms with E-state index in [1.165, 1.54) is 4.90 Å². The van der Waals surface area contributed by atoms with Gasteiger partial charge in [0.2, 0.25) is 0 Å². The molecule has 84 valence electrons. The molecule has 0 saturated carbocycles. The number of carbonyl (C=O) groups is 1. The average Bonchev–Trinajstić information content (AvgIpc) is 2.28. The number of likely N-dealkylation sites (N-methyl/N-ethyl adjacent to an activating group) is 1. The Labute approximate surface area is 95.0 Å². The lowest BCUT2D eigenvalue weighted by Gasteiger charge is -2.14. The monoisotopic (exact) mass is 218 g/mol. The van der Waals surface area contributed by atoms with Crippen molar-refractivity contribution in [1.29, 1.82) is 0 Å². The van der Waals surface area contributed by atoms with E-state index < -0.39 is 0 Å². The molecular weight excluding hydrogens is 204 g/mol. The van der Waals surface area contributed by atoms with E-state index in [0.29, 0.717) is 11.4 Å². The third-order valence-corrected chi connectivity index (χ3v) is 2.02. The molecule has 16 heavy (non-hydrogen) atoms. The number of ether oxygens (including phenoxy) is 1. The Morgan fingerprint density at radius 1 is 1.56 bits per heavy atom. The van der Waals surface area contributed by atoms with Crippen LogP contribution in [0.2, 0.25) is 0 Å². The zero-order valence-corrected chi connectivity index (χ0v) is 9.14. The number of benzene rings is 1. The van der Waals surface area contributed by atoms with Crippen molar-refractivity contribution < 1.29 is 9.53 Å². The molecule has 0 unspecified atom stereocenters. The van der Waals surface area contributed by atoms with E-state index in [1.807, 2.05) is 0 Å². The fourth-order valence-electron chi connectivity index (χ4n) is 1.09. The second kappa shape index (κ2) is 5.66. The Kier molecular flexibility index (Phi) is 4.22. The molecular formula is C12H14N2O2. The predicted molar refractivity (Wildman–Crippen MR) is 62.8 cm³/mol. The Morgan fingerprint density at radius 3 is 2.88 bits per heavy atom.